The van der Waals surface area contributed by atoms with Crippen LogP contribution in [0.5, 0.6) is 0 Å². The van der Waals surface area contributed by atoms with Crippen LogP contribution in [-0.4, -0.2) is 35.0 Å². The summed E-state index contributed by atoms with van der Waals surface area (Å²) in [7, 11) is 0. The van der Waals surface area contributed by atoms with E-state index in [-0.39, 0.29) is 5.91 Å². The topological polar surface area (TPSA) is 67.1 Å². The van der Waals surface area contributed by atoms with Gasteiger partial charge in [-0.05, 0) is 12.1 Å². The van der Waals surface area contributed by atoms with Crippen molar-refractivity contribution in [3.05, 3.63) is 29.8 Å². The van der Waals surface area contributed by atoms with Crippen molar-refractivity contribution in [2.45, 2.75) is 5.25 Å². The van der Waals surface area contributed by atoms with Crippen LogP contribution in [0.3, 0.4) is 0 Å². The minimum atomic E-state index is -0.0697. The fraction of sp³-hybridized carbons (Fsp3) is 0.417. The summed E-state index contributed by atoms with van der Waals surface area (Å²) in [4.78, 5) is 12.0. The van der Waals surface area contributed by atoms with E-state index in [0.717, 1.165) is 12.3 Å². The van der Waals surface area contributed by atoms with Gasteiger partial charge in [0.15, 0.2) is 0 Å². The molecule has 1 fully saturated rings. The molecule has 0 aromatic heterocycles. The molecule has 0 spiro atoms. The third-order valence-electron chi connectivity index (χ3n) is 2.70. The second-order valence-corrected chi connectivity index (χ2v) is 6.53. The lowest BCUT2D eigenvalue weighted by Gasteiger charge is -2.21. The van der Waals surface area contributed by atoms with Gasteiger partial charge >= 0.3 is 0 Å². The van der Waals surface area contributed by atoms with Crippen LogP contribution in [-0.2, 0) is 0 Å². The van der Waals surface area contributed by atoms with E-state index in [1.165, 1.54) is 11.5 Å². The van der Waals surface area contributed by atoms with Crippen LogP contribution in [0.2, 0.25) is 0 Å². The Morgan fingerprint density at radius 3 is 2.94 bits per heavy atom. The average Bonchev–Trinajstić information content (AvgIpc) is 2.45. The third-order valence-corrected chi connectivity index (χ3v) is 5.55. The van der Waals surface area contributed by atoms with Crippen LogP contribution in [0.25, 0.3) is 0 Å². The van der Waals surface area contributed by atoms with Gasteiger partial charge in [-0.3, -0.25) is 10.6 Å². The molecule has 1 atom stereocenters. The monoisotopic (exact) mass is 283 g/mol. The van der Waals surface area contributed by atoms with Gasteiger partial charge in [0.05, 0.1) is 11.3 Å². The first-order valence-corrected chi connectivity index (χ1v) is 8.05. The number of nitrogen functional groups attached to an aromatic ring is 1. The number of para-hydroxylation sites is 1. The molecule has 1 aromatic carbocycles. The van der Waals surface area contributed by atoms with Crippen LogP contribution in [0.4, 0.5) is 5.69 Å². The van der Waals surface area contributed by atoms with E-state index in [2.05, 4.69) is 10.7 Å². The molecule has 4 nitrogen and oxygen atoms in total. The normalized spacial score (nSPS) is 19.3. The summed E-state index contributed by atoms with van der Waals surface area (Å²) in [5, 5.41) is 3.49. The van der Waals surface area contributed by atoms with Crippen molar-refractivity contribution >= 4 is 35.1 Å². The van der Waals surface area contributed by atoms with Gasteiger partial charge in [0, 0.05) is 29.1 Å². The van der Waals surface area contributed by atoms with Gasteiger partial charge in [0.25, 0.3) is 5.91 Å². The molecule has 6 heteroatoms. The highest BCUT2D eigenvalue weighted by molar-refractivity contribution is 8.06. The maximum atomic E-state index is 12.0. The molecule has 1 aliphatic rings. The zero-order valence-electron chi connectivity index (χ0n) is 10.0. The number of benzene rings is 1. The lowest BCUT2D eigenvalue weighted by Crippen LogP contribution is -2.34. The molecule has 4 N–H and O–H groups in total. The number of carbonyl (C=O) groups is 1. The molecule has 18 heavy (non-hydrogen) atoms. The molecule has 0 bridgehead atoms. The first kappa shape index (κ1) is 13.6. The Morgan fingerprint density at radius 1 is 1.39 bits per heavy atom. The first-order valence-electron chi connectivity index (χ1n) is 5.84. The maximum absolute atomic E-state index is 12.0. The summed E-state index contributed by atoms with van der Waals surface area (Å²) < 4.78 is 0. The standard InChI is InChI=1S/C12H17N3OS2/c13-15-11-4-2-1-3-10(11)12(16)14-7-9-8-17-5-6-18-9/h1-4,9,15H,5-8,13H2,(H,14,16). The van der Waals surface area contributed by atoms with E-state index in [9.17, 15) is 4.79 Å². The summed E-state index contributed by atoms with van der Waals surface area (Å²) in [6, 6.07) is 7.24. The summed E-state index contributed by atoms with van der Waals surface area (Å²) in [5.41, 5.74) is 3.79. The Kier molecular flexibility index (Phi) is 5.22. The van der Waals surface area contributed by atoms with E-state index in [1.807, 2.05) is 35.7 Å². The Balaban J connectivity index is 1.90. The van der Waals surface area contributed by atoms with Crippen LogP contribution < -0.4 is 16.6 Å². The maximum Gasteiger partial charge on any atom is 0.253 e. The average molecular weight is 283 g/mol. The Labute approximate surface area is 115 Å². The highest BCUT2D eigenvalue weighted by atomic mass is 32.2. The summed E-state index contributed by atoms with van der Waals surface area (Å²) >= 11 is 3.89. The smallest absolute Gasteiger partial charge is 0.253 e. The minimum absolute atomic E-state index is 0.0697. The quantitative estimate of drug-likeness (QED) is 0.578. The lowest BCUT2D eigenvalue weighted by atomic mass is 10.1. The molecule has 0 aliphatic carbocycles. The van der Waals surface area contributed by atoms with E-state index in [4.69, 9.17) is 5.84 Å². The van der Waals surface area contributed by atoms with Crippen molar-refractivity contribution in [3.8, 4) is 0 Å². The van der Waals surface area contributed by atoms with Gasteiger partial charge in [-0.2, -0.15) is 23.5 Å². The molecule has 1 amide bonds. The van der Waals surface area contributed by atoms with Gasteiger partial charge in [0.1, 0.15) is 0 Å². The second kappa shape index (κ2) is 6.92. The van der Waals surface area contributed by atoms with Gasteiger partial charge in [0.2, 0.25) is 0 Å². The van der Waals surface area contributed by atoms with Crippen LogP contribution >= 0.6 is 23.5 Å². The van der Waals surface area contributed by atoms with Gasteiger partial charge in [-0.25, -0.2) is 0 Å². The number of hydrogen-bond donors (Lipinski definition) is 3. The van der Waals surface area contributed by atoms with Gasteiger partial charge in [-0.15, -0.1) is 0 Å². The van der Waals surface area contributed by atoms with Crippen molar-refractivity contribution in [2.24, 2.45) is 5.84 Å². The number of hydrazine groups is 1. The molecule has 1 unspecified atom stereocenters. The Bertz CT molecular complexity index is 408. The van der Waals surface area contributed by atoms with Crippen LogP contribution in [0, 0.1) is 0 Å². The summed E-state index contributed by atoms with van der Waals surface area (Å²) in [6.07, 6.45) is 0. The molecule has 0 radical (unpaired) electrons. The zero-order chi connectivity index (χ0) is 12.8. The number of amides is 1. The van der Waals surface area contributed by atoms with Crippen LogP contribution in [0.15, 0.2) is 24.3 Å². The molecular weight excluding hydrogens is 266 g/mol. The molecule has 1 saturated heterocycles. The highest BCUT2D eigenvalue weighted by Crippen LogP contribution is 2.23. The van der Waals surface area contributed by atoms with E-state index in [1.54, 1.807) is 12.1 Å². The highest BCUT2D eigenvalue weighted by Gasteiger charge is 2.16. The van der Waals surface area contributed by atoms with Crippen LogP contribution in [0.1, 0.15) is 10.4 Å². The SMILES string of the molecule is NNc1ccccc1C(=O)NCC1CSCCS1. The number of carbonyl (C=O) groups excluding carboxylic acids is 1. The van der Waals surface area contributed by atoms with Crippen molar-refractivity contribution in [1.29, 1.82) is 0 Å². The molecule has 98 valence electrons. The van der Waals surface area contributed by atoms with E-state index >= 15 is 0 Å². The number of nitrogens with two attached hydrogens (primary N) is 1. The predicted molar refractivity (Wildman–Crippen MR) is 80.2 cm³/mol. The fourth-order valence-electron chi connectivity index (χ4n) is 1.76. The first-order chi connectivity index (χ1) is 8.81. The molecular formula is C12H17N3OS2. The molecule has 0 saturated carbocycles. The Hall–Kier alpha value is -0.850. The molecule has 1 aromatic rings. The summed E-state index contributed by atoms with van der Waals surface area (Å²) in [5.74, 6) is 8.82. The minimum Gasteiger partial charge on any atom is -0.351 e. The summed E-state index contributed by atoms with van der Waals surface area (Å²) in [6.45, 7) is 0.718. The fourth-order valence-corrected chi connectivity index (χ4v) is 4.37. The van der Waals surface area contributed by atoms with E-state index in [0.29, 0.717) is 16.5 Å². The van der Waals surface area contributed by atoms with Gasteiger partial charge < -0.3 is 10.7 Å². The molecule has 1 aliphatic heterocycles. The van der Waals surface area contributed by atoms with Gasteiger partial charge in [-0.1, -0.05) is 12.1 Å². The largest absolute Gasteiger partial charge is 0.351 e. The van der Waals surface area contributed by atoms with Crippen molar-refractivity contribution in [1.82, 2.24) is 5.32 Å². The number of nitrogens with one attached hydrogen (secondary N) is 2. The van der Waals surface area contributed by atoms with Crippen molar-refractivity contribution < 1.29 is 4.79 Å². The zero-order valence-corrected chi connectivity index (χ0v) is 11.7. The predicted octanol–water partition coefficient (Wildman–Crippen LogP) is 1.55. The third kappa shape index (κ3) is 3.57. The molecule has 1 heterocycles. The number of rotatable bonds is 4. The van der Waals surface area contributed by atoms with E-state index < -0.39 is 0 Å². The van der Waals surface area contributed by atoms with Crippen molar-refractivity contribution in [2.75, 3.05) is 29.2 Å². The van der Waals surface area contributed by atoms with Crippen molar-refractivity contribution in [3.63, 3.8) is 0 Å². The number of anilines is 1. The molecule has 2 rings (SSSR count). The lowest BCUT2D eigenvalue weighted by molar-refractivity contribution is 0.0955. The number of hydrogen-bond acceptors (Lipinski definition) is 5. The second-order valence-electron chi connectivity index (χ2n) is 3.97. The number of thioether (sulfide) groups is 2. The Morgan fingerprint density at radius 2 is 2.22 bits per heavy atom.